The maximum absolute atomic E-state index is 13.7. The van der Waals surface area contributed by atoms with Gasteiger partial charge in [0, 0.05) is 29.9 Å². The zero-order valence-corrected chi connectivity index (χ0v) is 19.5. The molecule has 162 valence electrons. The zero-order chi connectivity index (χ0) is 22.2. The molecular weight excluding hydrogens is 470 g/mol. The summed E-state index contributed by atoms with van der Waals surface area (Å²) in [4.78, 5) is 28.2. The highest BCUT2D eigenvalue weighted by atomic mass is 79.9. The van der Waals surface area contributed by atoms with E-state index in [2.05, 4.69) is 15.9 Å². The Hall–Kier alpha value is -3.10. The first-order valence-corrected chi connectivity index (χ1v) is 11.4. The number of fused-ring (bicyclic) bond motifs is 4. The summed E-state index contributed by atoms with van der Waals surface area (Å²) < 4.78 is 10.1. The molecule has 0 N–H and O–H groups in total. The van der Waals surface area contributed by atoms with Gasteiger partial charge in [0.25, 0.3) is 5.56 Å². The molecule has 32 heavy (non-hydrogen) atoms. The molecule has 0 unspecified atom stereocenters. The number of nitrogens with zero attached hydrogens (tertiary/aromatic N) is 5. The Kier molecular flexibility index (Phi) is 5.48. The lowest BCUT2D eigenvalue weighted by molar-refractivity contribution is 0.141. The van der Waals surface area contributed by atoms with Crippen LogP contribution in [-0.4, -0.2) is 37.3 Å². The van der Waals surface area contributed by atoms with E-state index in [-0.39, 0.29) is 5.56 Å². The minimum absolute atomic E-state index is 0.102. The van der Waals surface area contributed by atoms with E-state index in [1.807, 2.05) is 66.9 Å². The van der Waals surface area contributed by atoms with Crippen LogP contribution in [0.15, 0.2) is 57.8 Å². The number of halogens is 1. The van der Waals surface area contributed by atoms with E-state index < -0.39 is 0 Å². The SMILES string of the molecule is CCOCCCn1c(C)nc2c(c1=O)c1nc3ccccc3nc1n2-c1ccc(Br)cc1. The molecule has 0 bridgehead atoms. The molecule has 5 rings (SSSR count). The van der Waals surface area contributed by atoms with E-state index >= 15 is 0 Å². The summed E-state index contributed by atoms with van der Waals surface area (Å²) >= 11 is 3.49. The minimum atomic E-state index is -0.102. The van der Waals surface area contributed by atoms with E-state index in [0.717, 1.165) is 27.6 Å². The summed E-state index contributed by atoms with van der Waals surface area (Å²) in [6.07, 6.45) is 0.738. The standard InChI is InChI=1S/C24H22BrN5O2/c1-3-32-14-6-13-29-15(2)26-22-20(24(29)31)21-23(28-19-8-5-4-7-18(19)27-21)30(22)17-11-9-16(25)10-12-17/h4-5,7-12H,3,6,13-14H2,1-2H3. The molecule has 8 heteroatoms. The lowest BCUT2D eigenvalue weighted by Crippen LogP contribution is -2.24. The summed E-state index contributed by atoms with van der Waals surface area (Å²) in [5.74, 6) is 0.657. The second-order valence-electron chi connectivity index (χ2n) is 7.56. The van der Waals surface area contributed by atoms with Crippen LogP contribution < -0.4 is 5.56 Å². The van der Waals surface area contributed by atoms with Crippen molar-refractivity contribution in [2.75, 3.05) is 13.2 Å². The predicted octanol–water partition coefficient (Wildman–Crippen LogP) is 4.78. The second-order valence-corrected chi connectivity index (χ2v) is 8.48. The van der Waals surface area contributed by atoms with E-state index in [0.29, 0.717) is 47.8 Å². The average Bonchev–Trinajstić information content (AvgIpc) is 3.10. The van der Waals surface area contributed by atoms with Crippen molar-refractivity contribution in [3.63, 3.8) is 0 Å². The minimum Gasteiger partial charge on any atom is -0.382 e. The van der Waals surface area contributed by atoms with Crippen LogP contribution in [0.1, 0.15) is 19.2 Å². The van der Waals surface area contributed by atoms with E-state index in [9.17, 15) is 4.79 Å². The van der Waals surface area contributed by atoms with Crippen LogP contribution in [0.25, 0.3) is 38.9 Å². The van der Waals surface area contributed by atoms with Gasteiger partial charge in [-0.05, 0) is 56.7 Å². The molecule has 5 aromatic rings. The highest BCUT2D eigenvalue weighted by Gasteiger charge is 2.22. The van der Waals surface area contributed by atoms with Gasteiger partial charge in [0.2, 0.25) is 0 Å². The smallest absolute Gasteiger partial charge is 0.265 e. The van der Waals surface area contributed by atoms with E-state index in [4.69, 9.17) is 19.7 Å². The lowest BCUT2D eigenvalue weighted by atomic mass is 10.3. The normalized spacial score (nSPS) is 11.7. The molecule has 0 amide bonds. The lowest BCUT2D eigenvalue weighted by Gasteiger charge is -2.11. The largest absolute Gasteiger partial charge is 0.382 e. The number of rotatable bonds is 6. The van der Waals surface area contributed by atoms with Gasteiger partial charge >= 0.3 is 0 Å². The fraction of sp³-hybridized carbons (Fsp3) is 0.250. The molecule has 0 aliphatic carbocycles. The second kappa shape index (κ2) is 8.44. The van der Waals surface area contributed by atoms with Crippen molar-refractivity contribution in [3.05, 3.63) is 69.2 Å². The molecule has 0 fully saturated rings. The van der Waals surface area contributed by atoms with Crippen LogP contribution in [0.2, 0.25) is 0 Å². The van der Waals surface area contributed by atoms with Crippen molar-refractivity contribution < 1.29 is 4.74 Å². The summed E-state index contributed by atoms with van der Waals surface area (Å²) in [5, 5.41) is 0.489. The van der Waals surface area contributed by atoms with Gasteiger partial charge in [0.05, 0.1) is 11.0 Å². The highest BCUT2D eigenvalue weighted by molar-refractivity contribution is 9.10. The number of hydrogen-bond donors (Lipinski definition) is 0. The van der Waals surface area contributed by atoms with Gasteiger partial charge in [-0.15, -0.1) is 0 Å². The molecule has 0 saturated heterocycles. The van der Waals surface area contributed by atoms with Gasteiger partial charge in [-0.25, -0.2) is 15.0 Å². The van der Waals surface area contributed by atoms with Crippen LogP contribution in [-0.2, 0) is 11.3 Å². The van der Waals surface area contributed by atoms with Crippen LogP contribution in [0.3, 0.4) is 0 Å². The fourth-order valence-corrected chi connectivity index (χ4v) is 4.26. The van der Waals surface area contributed by atoms with Gasteiger partial charge in [0.1, 0.15) is 16.7 Å². The number of ether oxygens (including phenoxy) is 1. The number of hydrogen-bond acceptors (Lipinski definition) is 5. The van der Waals surface area contributed by atoms with Crippen molar-refractivity contribution >= 4 is 49.2 Å². The Bertz CT molecular complexity index is 1510. The average molecular weight is 492 g/mol. The Balaban J connectivity index is 1.83. The van der Waals surface area contributed by atoms with Gasteiger partial charge in [-0.2, -0.15) is 0 Å². The quantitative estimate of drug-likeness (QED) is 0.319. The molecule has 7 nitrogen and oxygen atoms in total. The monoisotopic (exact) mass is 491 g/mol. The first kappa shape index (κ1) is 20.8. The Morgan fingerprint density at radius 2 is 1.69 bits per heavy atom. The third-order valence-electron chi connectivity index (χ3n) is 5.51. The first-order chi connectivity index (χ1) is 15.6. The van der Waals surface area contributed by atoms with Crippen molar-refractivity contribution in [1.82, 2.24) is 24.1 Å². The number of benzene rings is 2. The van der Waals surface area contributed by atoms with Gasteiger partial charge in [-0.1, -0.05) is 28.1 Å². The Morgan fingerprint density at radius 1 is 0.969 bits per heavy atom. The maximum atomic E-state index is 13.7. The van der Waals surface area contributed by atoms with Crippen LogP contribution in [0.4, 0.5) is 0 Å². The van der Waals surface area contributed by atoms with Crippen molar-refractivity contribution in [3.8, 4) is 5.69 Å². The zero-order valence-electron chi connectivity index (χ0n) is 17.9. The Labute approximate surface area is 192 Å². The van der Waals surface area contributed by atoms with Crippen molar-refractivity contribution in [2.45, 2.75) is 26.8 Å². The van der Waals surface area contributed by atoms with Crippen LogP contribution in [0, 0.1) is 6.92 Å². The van der Waals surface area contributed by atoms with Crippen LogP contribution >= 0.6 is 15.9 Å². The van der Waals surface area contributed by atoms with E-state index in [1.165, 1.54) is 0 Å². The van der Waals surface area contributed by atoms with E-state index in [1.54, 1.807) is 4.57 Å². The summed E-state index contributed by atoms with van der Waals surface area (Å²) in [6, 6.07) is 15.6. The topological polar surface area (TPSA) is 74.8 Å². The number of aromatic nitrogens is 5. The molecule has 0 spiro atoms. The van der Waals surface area contributed by atoms with Gasteiger partial charge < -0.3 is 4.74 Å². The first-order valence-electron chi connectivity index (χ1n) is 10.6. The third kappa shape index (κ3) is 3.49. The highest BCUT2D eigenvalue weighted by Crippen LogP contribution is 2.29. The summed E-state index contributed by atoms with van der Waals surface area (Å²) in [7, 11) is 0. The number of para-hydroxylation sites is 2. The van der Waals surface area contributed by atoms with Gasteiger partial charge in [0.15, 0.2) is 11.3 Å². The molecule has 0 atom stereocenters. The fourth-order valence-electron chi connectivity index (χ4n) is 4.00. The Morgan fingerprint density at radius 3 is 2.41 bits per heavy atom. The molecule has 0 saturated carbocycles. The molecule has 3 aromatic heterocycles. The molecular formula is C24H22BrN5O2. The third-order valence-corrected chi connectivity index (χ3v) is 6.04. The van der Waals surface area contributed by atoms with Crippen molar-refractivity contribution in [2.24, 2.45) is 0 Å². The predicted molar refractivity (Wildman–Crippen MR) is 129 cm³/mol. The summed E-state index contributed by atoms with van der Waals surface area (Å²) in [6.45, 7) is 5.63. The van der Waals surface area contributed by atoms with Crippen LogP contribution in [0.5, 0.6) is 0 Å². The summed E-state index contributed by atoms with van der Waals surface area (Å²) in [5.41, 5.74) is 4.05. The maximum Gasteiger partial charge on any atom is 0.265 e. The number of aryl methyl sites for hydroxylation is 1. The molecule has 2 aromatic carbocycles. The molecule has 0 aliphatic rings. The molecule has 3 heterocycles. The van der Waals surface area contributed by atoms with Crippen molar-refractivity contribution in [1.29, 1.82) is 0 Å². The molecule has 0 aliphatic heterocycles. The molecule has 0 radical (unpaired) electrons. The van der Waals surface area contributed by atoms with Gasteiger partial charge in [-0.3, -0.25) is 13.9 Å².